The molecule has 78 valence electrons. The van der Waals surface area contributed by atoms with E-state index in [2.05, 4.69) is 37.4 Å². The van der Waals surface area contributed by atoms with Crippen molar-refractivity contribution < 1.29 is 5.11 Å². The Balaban J connectivity index is 2.51. The van der Waals surface area contributed by atoms with E-state index in [0.29, 0.717) is 0 Å². The van der Waals surface area contributed by atoms with Crippen LogP contribution in [0.3, 0.4) is 0 Å². The largest absolute Gasteiger partial charge is 0.393 e. The molecule has 1 unspecified atom stereocenters. The van der Waals surface area contributed by atoms with Crippen LogP contribution in [0.2, 0.25) is 0 Å². The van der Waals surface area contributed by atoms with Crippen LogP contribution in [0.1, 0.15) is 24.5 Å². The van der Waals surface area contributed by atoms with Gasteiger partial charge in [0.2, 0.25) is 0 Å². The van der Waals surface area contributed by atoms with Gasteiger partial charge in [0.1, 0.15) is 0 Å². The molecule has 0 aliphatic heterocycles. The molecule has 0 saturated carbocycles. The second-order valence-electron chi connectivity index (χ2n) is 3.88. The Bertz CT molecular complexity index is 294. The molecule has 14 heavy (non-hydrogen) atoms. The maximum absolute atomic E-state index is 9.10. The minimum absolute atomic E-state index is 0.228. The number of aliphatic hydroxyl groups excluding tert-OH is 1. The lowest BCUT2D eigenvalue weighted by Crippen LogP contribution is -2.10. The summed E-state index contributed by atoms with van der Waals surface area (Å²) in [5.74, 6) is 0. The van der Waals surface area contributed by atoms with Crippen LogP contribution in [0.4, 0.5) is 5.69 Å². The molecule has 1 rings (SSSR count). The fourth-order valence-corrected chi connectivity index (χ4v) is 1.43. The summed E-state index contributed by atoms with van der Waals surface area (Å²) >= 11 is 0. The number of rotatable bonds is 4. The van der Waals surface area contributed by atoms with Gasteiger partial charge in [-0.3, -0.25) is 0 Å². The third kappa shape index (κ3) is 3.38. The van der Waals surface area contributed by atoms with E-state index in [4.69, 9.17) is 5.11 Å². The van der Waals surface area contributed by atoms with Crippen molar-refractivity contribution in [2.45, 2.75) is 33.3 Å². The molecule has 1 aromatic carbocycles. The average Bonchev–Trinajstić information content (AvgIpc) is 2.08. The van der Waals surface area contributed by atoms with E-state index >= 15 is 0 Å². The van der Waals surface area contributed by atoms with Crippen molar-refractivity contribution >= 4 is 5.69 Å². The molecule has 0 radical (unpaired) electrons. The highest BCUT2D eigenvalue weighted by Crippen LogP contribution is 2.15. The highest BCUT2D eigenvalue weighted by molar-refractivity contribution is 5.51. The summed E-state index contributed by atoms with van der Waals surface area (Å²) in [5.41, 5.74) is 3.70. The van der Waals surface area contributed by atoms with Crippen LogP contribution in [-0.2, 0) is 0 Å². The molecule has 0 aromatic heterocycles. The highest BCUT2D eigenvalue weighted by Gasteiger charge is 1.98. The summed E-state index contributed by atoms with van der Waals surface area (Å²) < 4.78 is 0. The summed E-state index contributed by atoms with van der Waals surface area (Å²) in [4.78, 5) is 0. The molecule has 0 heterocycles. The third-order valence-electron chi connectivity index (χ3n) is 2.26. The van der Waals surface area contributed by atoms with Crippen LogP contribution >= 0.6 is 0 Å². The first-order valence-electron chi connectivity index (χ1n) is 5.09. The molecule has 1 atom stereocenters. The number of aryl methyl sites for hydroxylation is 2. The number of benzene rings is 1. The summed E-state index contributed by atoms with van der Waals surface area (Å²) in [6, 6.07) is 6.34. The Morgan fingerprint density at radius 2 is 2.07 bits per heavy atom. The molecule has 0 fully saturated rings. The van der Waals surface area contributed by atoms with Gasteiger partial charge in [0.15, 0.2) is 0 Å². The molecule has 0 aliphatic rings. The molecule has 1 aromatic rings. The van der Waals surface area contributed by atoms with Crippen molar-refractivity contribution in [2.75, 3.05) is 11.9 Å². The molecule has 0 amide bonds. The van der Waals surface area contributed by atoms with Crippen LogP contribution in [0.5, 0.6) is 0 Å². The van der Waals surface area contributed by atoms with E-state index < -0.39 is 0 Å². The van der Waals surface area contributed by atoms with Crippen LogP contribution in [0.15, 0.2) is 18.2 Å². The molecule has 2 heteroatoms. The summed E-state index contributed by atoms with van der Waals surface area (Å²) in [6.45, 7) is 6.82. The zero-order chi connectivity index (χ0) is 10.6. The van der Waals surface area contributed by atoms with Crippen molar-refractivity contribution in [3.63, 3.8) is 0 Å². The van der Waals surface area contributed by atoms with Crippen molar-refractivity contribution in [2.24, 2.45) is 0 Å². The van der Waals surface area contributed by atoms with Gasteiger partial charge in [-0.15, -0.1) is 0 Å². The molecule has 0 aliphatic carbocycles. The van der Waals surface area contributed by atoms with E-state index in [0.717, 1.165) is 18.7 Å². The Hall–Kier alpha value is -1.02. The second-order valence-corrected chi connectivity index (χ2v) is 3.88. The first-order valence-corrected chi connectivity index (χ1v) is 5.09. The van der Waals surface area contributed by atoms with Gasteiger partial charge < -0.3 is 10.4 Å². The van der Waals surface area contributed by atoms with E-state index in [1.807, 2.05) is 6.92 Å². The monoisotopic (exact) mass is 193 g/mol. The summed E-state index contributed by atoms with van der Waals surface area (Å²) in [5, 5.41) is 12.4. The minimum Gasteiger partial charge on any atom is -0.393 e. The summed E-state index contributed by atoms with van der Waals surface area (Å²) in [7, 11) is 0. The highest BCUT2D eigenvalue weighted by atomic mass is 16.3. The van der Waals surface area contributed by atoms with Crippen molar-refractivity contribution in [3.8, 4) is 0 Å². The minimum atomic E-state index is -0.228. The first kappa shape index (κ1) is 11.1. The zero-order valence-electron chi connectivity index (χ0n) is 9.17. The normalized spacial score (nSPS) is 12.6. The molecular formula is C12H19NO. The maximum Gasteiger partial charge on any atom is 0.0528 e. The topological polar surface area (TPSA) is 32.3 Å². The zero-order valence-corrected chi connectivity index (χ0v) is 9.17. The lowest BCUT2D eigenvalue weighted by Gasteiger charge is -2.10. The number of anilines is 1. The van der Waals surface area contributed by atoms with Crippen LogP contribution in [-0.4, -0.2) is 17.8 Å². The van der Waals surface area contributed by atoms with Gasteiger partial charge in [0.05, 0.1) is 6.10 Å². The molecule has 0 bridgehead atoms. The Morgan fingerprint density at radius 3 is 2.64 bits per heavy atom. The lowest BCUT2D eigenvalue weighted by atomic mass is 10.1. The number of nitrogens with one attached hydrogen (secondary N) is 1. The fourth-order valence-electron chi connectivity index (χ4n) is 1.43. The van der Waals surface area contributed by atoms with Crippen molar-refractivity contribution in [3.05, 3.63) is 29.3 Å². The molecular weight excluding hydrogens is 174 g/mol. The van der Waals surface area contributed by atoms with Crippen LogP contribution < -0.4 is 5.32 Å². The van der Waals surface area contributed by atoms with Crippen LogP contribution in [0.25, 0.3) is 0 Å². The molecule has 2 nitrogen and oxygen atoms in total. The number of hydrogen-bond donors (Lipinski definition) is 2. The average molecular weight is 193 g/mol. The quantitative estimate of drug-likeness (QED) is 0.770. The van der Waals surface area contributed by atoms with E-state index in [-0.39, 0.29) is 6.10 Å². The maximum atomic E-state index is 9.10. The van der Waals surface area contributed by atoms with Crippen molar-refractivity contribution in [1.82, 2.24) is 0 Å². The number of aliphatic hydroxyl groups is 1. The molecule has 0 spiro atoms. The third-order valence-corrected chi connectivity index (χ3v) is 2.26. The number of hydrogen-bond acceptors (Lipinski definition) is 2. The van der Waals surface area contributed by atoms with E-state index in [1.165, 1.54) is 11.1 Å². The summed E-state index contributed by atoms with van der Waals surface area (Å²) in [6.07, 6.45) is 0.557. The predicted octanol–water partition coefficient (Wildman–Crippen LogP) is 2.49. The van der Waals surface area contributed by atoms with Gasteiger partial charge in [-0.2, -0.15) is 0 Å². The lowest BCUT2D eigenvalue weighted by molar-refractivity contribution is 0.189. The van der Waals surface area contributed by atoms with Gasteiger partial charge in [-0.1, -0.05) is 17.7 Å². The van der Waals surface area contributed by atoms with Gasteiger partial charge in [0.25, 0.3) is 0 Å². The first-order chi connectivity index (χ1) is 6.59. The van der Waals surface area contributed by atoms with Gasteiger partial charge >= 0.3 is 0 Å². The van der Waals surface area contributed by atoms with Gasteiger partial charge in [0, 0.05) is 12.2 Å². The van der Waals surface area contributed by atoms with E-state index in [1.54, 1.807) is 0 Å². The Kier molecular flexibility index (Phi) is 3.96. The standard InChI is InChI=1S/C12H19NO/c1-9-4-5-12(10(2)8-9)13-7-6-11(3)14/h4-5,8,11,13-14H,6-7H2,1-3H3. The van der Waals surface area contributed by atoms with Gasteiger partial charge in [-0.05, 0) is 38.8 Å². The molecule has 0 saturated heterocycles. The smallest absolute Gasteiger partial charge is 0.0528 e. The van der Waals surface area contributed by atoms with E-state index in [9.17, 15) is 0 Å². The SMILES string of the molecule is Cc1ccc(NCCC(C)O)c(C)c1. The van der Waals surface area contributed by atoms with Crippen molar-refractivity contribution in [1.29, 1.82) is 0 Å². The second kappa shape index (κ2) is 5.01. The Morgan fingerprint density at radius 1 is 1.36 bits per heavy atom. The molecule has 2 N–H and O–H groups in total. The van der Waals surface area contributed by atoms with Gasteiger partial charge in [-0.25, -0.2) is 0 Å². The van der Waals surface area contributed by atoms with Crippen LogP contribution in [0, 0.1) is 13.8 Å². The predicted molar refractivity (Wildman–Crippen MR) is 60.7 cm³/mol. The fraction of sp³-hybridized carbons (Fsp3) is 0.500. The Labute approximate surface area is 86.0 Å².